The van der Waals surface area contributed by atoms with Crippen LogP contribution in [0.1, 0.15) is 89.7 Å². The third-order valence-corrected chi connectivity index (χ3v) is 12.2. The second-order valence-corrected chi connectivity index (χ2v) is 18.4. The quantitative estimate of drug-likeness (QED) is 0.0783. The van der Waals surface area contributed by atoms with Gasteiger partial charge in [-0.15, -0.1) is 0 Å². The summed E-state index contributed by atoms with van der Waals surface area (Å²) in [5.41, 5.74) is 0.808. The predicted octanol–water partition coefficient (Wildman–Crippen LogP) is 4.73. The Balaban J connectivity index is 1.15. The van der Waals surface area contributed by atoms with E-state index in [9.17, 15) is 28.8 Å². The first-order valence-corrected chi connectivity index (χ1v) is 23.0. The Morgan fingerprint density at radius 3 is 2.23 bits per heavy atom. The molecule has 346 valence electrons. The van der Waals surface area contributed by atoms with Crippen LogP contribution in [0.25, 0.3) is 10.8 Å². The molecule has 3 fully saturated rings. The second kappa shape index (κ2) is 23.4. The molecule has 2 aliphatic heterocycles. The lowest BCUT2D eigenvalue weighted by molar-refractivity contribution is -0.142. The summed E-state index contributed by atoms with van der Waals surface area (Å²) < 4.78 is 17.0. The van der Waals surface area contributed by atoms with Crippen LogP contribution in [0.4, 0.5) is 4.79 Å². The molecule has 2 heterocycles. The van der Waals surface area contributed by atoms with Crippen LogP contribution in [-0.2, 0) is 46.5 Å². The van der Waals surface area contributed by atoms with E-state index in [1.54, 1.807) is 20.8 Å². The molecule has 2 saturated heterocycles. The fraction of sp³-hybridized carbons (Fsp3) is 0.551. The zero-order chi connectivity index (χ0) is 45.5. The van der Waals surface area contributed by atoms with Crippen molar-refractivity contribution in [3.05, 3.63) is 77.9 Å². The maximum Gasteiger partial charge on any atom is 0.408 e. The zero-order valence-corrected chi connectivity index (χ0v) is 37.6. The molecule has 0 spiro atoms. The molecule has 64 heavy (non-hydrogen) atoms. The number of fused-ring (bicyclic) bond motifs is 1. The van der Waals surface area contributed by atoms with Crippen molar-refractivity contribution in [2.24, 2.45) is 11.8 Å². The van der Waals surface area contributed by atoms with E-state index in [4.69, 9.17) is 14.2 Å². The van der Waals surface area contributed by atoms with Crippen LogP contribution in [0, 0.1) is 11.8 Å². The van der Waals surface area contributed by atoms with E-state index in [0.29, 0.717) is 25.3 Å². The van der Waals surface area contributed by atoms with E-state index in [-0.39, 0.29) is 37.7 Å². The normalized spacial score (nSPS) is 18.5. The van der Waals surface area contributed by atoms with E-state index in [0.717, 1.165) is 93.3 Å². The lowest BCUT2D eigenvalue weighted by Gasteiger charge is -2.30. The molecular weight excluding hydrogens is 817 g/mol. The van der Waals surface area contributed by atoms with Gasteiger partial charge in [0.25, 0.3) is 5.91 Å². The number of hydrogen-bond donors (Lipinski definition) is 5. The van der Waals surface area contributed by atoms with E-state index in [1.807, 2.05) is 66.7 Å². The van der Waals surface area contributed by atoms with Gasteiger partial charge in [0.05, 0.1) is 25.9 Å². The number of morpholine rings is 1. The second-order valence-electron chi connectivity index (χ2n) is 18.4. The molecule has 15 heteroatoms. The number of carbonyl (C=O) groups excluding carboxylic acids is 6. The fourth-order valence-electron chi connectivity index (χ4n) is 8.70. The number of ketones is 1. The highest BCUT2D eigenvalue weighted by Crippen LogP contribution is 2.28. The Hall–Kier alpha value is -5.54. The topological polar surface area (TPSA) is 193 Å². The number of nitrogens with zero attached hydrogens (tertiary/aromatic N) is 1. The minimum atomic E-state index is -1.31. The van der Waals surface area contributed by atoms with Crippen LogP contribution in [0.15, 0.2) is 66.7 Å². The Morgan fingerprint density at radius 2 is 1.52 bits per heavy atom. The maximum atomic E-state index is 14.5. The SMILES string of the molecule is CC(C)(C)NC(=O)C(=O)C(C[C@@H]1CCNC1=O)NC(=O)C(CC1CCCCC1)NC(=O)C(Cc1cccc2ccccc12)NC(=O)OCc1ccc(OCCCN2CCOCC2)cc1. The Kier molecular flexibility index (Phi) is 17.5. The Labute approximate surface area is 376 Å². The molecule has 3 aromatic rings. The van der Waals surface area contributed by atoms with Gasteiger partial charge in [-0.05, 0) is 86.4 Å². The maximum absolute atomic E-state index is 14.5. The van der Waals surface area contributed by atoms with E-state index >= 15 is 0 Å². The lowest BCUT2D eigenvalue weighted by atomic mass is 9.84. The van der Waals surface area contributed by atoms with Crippen LogP contribution in [0.2, 0.25) is 0 Å². The molecule has 1 aliphatic carbocycles. The number of Topliss-reactive ketones (excluding diaryl/α,β-unsaturated/α-hetero) is 1. The van der Waals surface area contributed by atoms with Crippen LogP contribution in [-0.4, -0.2) is 110 Å². The summed E-state index contributed by atoms with van der Waals surface area (Å²) in [6, 6.07) is 17.2. The zero-order valence-electron chi connectivity index (χ0n) is 37.6. The van der Waals surface area contributed by atoms with Gasteiger partial charge < -0.3 is 40.8 Å². The fourth-order valence-corrected chi connectivity index (χ4v) is 8.70. The minimum Gasteiger partial charge on any atom is -0.494 e. The van der Waals surface area contributed by atoms with Crippen molar-refractivity contribution in [1.82, 2.24) is 31.5 Å². The number of rotatable bonds is 20. The summed E-state index contributed by atoms with van der Waals surface area (Å²) in [7, 11) is 0. The smallest absolute Gasteiger partial charge is 0.408 e. The van der Waals surface area contributed by atoms with Crippen molar-refractivity contribution in [3.63, 3.8) is 0 Å². The van der Waals surface area contributed by atoms with Crippen molar-refractivity contribution in [3.8, 4) is 5.75 Å². The average Bonchev–Trinajstić information content (AvgIpc) is 3.70. The van der Waals surface area contributed by atoms with Gasteiger partial charge in [-0.2, -0.15) is 0 Å². The molecular formula is C49H66N6O9. The molecule has 0 aromatic heterocycles. The van der Waals surface area contributed by atoms with Gasteiger partial charge in [0, 0.05) is 44.1 Å². The van der Waals surface area contributed by atoms with E-state index < -0.39 is 59.2 Å². The van der Waals surface area contributed by atoms with Crippen molar-refractivity contribution in [2.75, 3.05) is 46.0 Å². The minimum absolute atomic E-state index is 0.0598. The molecule has 3 unspecified atom stereocenters. The Morgan fingerprint density at radius 1 is 0.812 bits per heavy atom. The van der Waals surface area contributed by atoms with Crippen molar-refractivity contribution < 1.29 is 43.0 Å². The van der Waals surface area contributed by atoms with Crippen LogP contribution < -0.4 is 31.3 Å². The molecule has 0 radical (unpaired) electrons. The molecule has 3 aliphatic rings. The van der Waals surface area contributed by atoms with Crippen molar-refractivity contribution in [2.45, 2.75) is 115 Å². The molecule has 15 nitrogen and oxygen atoms in total. The van der Waals surface area contributed by atoms with E-state index in [1.165, 1.54) is 0 Å². The molecule has 3 aromatic carbocycles. The molecule has 5 amide bonds. The summed E-state index contributed by atoms with van der Waals surface area (Å²) in [5, 5.41) is 15.8. The van der Waals surface area contributed by atoms with Gasteiger partial charge in [0.15, 0.2) is 0 Å². The summed E-state index contributed by atoms with van der Waals surface area (Å²) in [5.74, 6) is -3.00. The molecule has 4 atom stereocenters. The van der Waals surface area contributed by atoms with Gasteiger partial charge in [-0.1, -0.05) is 86.7 Å². The Bertz CT molecular complexity index is 2050. The number of ether oxygens (including phenoxy) is 3. The third kappa shape index (κ3) is 14.8. The standard InChI is InChI=1S/C49H66N6O9/c1-49(2,3)54-47(60)43(56)40(31-37-21-22-50-44(37)57)51-45(58)41(29-33-11-5-4-6-12-33)52-46(59)42(30-36-15-9-14-35-13-7-8-16-39(35)36)53-48(61)64-32-34-17-19-38(20-18-34)63-26-10-23-55-24-27-62-28-25-55/h7-9,13-20,33,37,40-42H,4-6,10-12,21-32H2,1-3H3,(H,50,57)(H,51,58)(H,52,59)(H,53,61)(H,54,60)/t37-,40?,41?,42?/m0/s1. The monoisotopic (exact) mass is 882 g/mol. The first-order valence-electron chi connectivity index (χ1n) is 23.0. The summed E-state index contributed by atoms with van der Waals surface area (Å²) in [4.78, 5) is 84.3. The molecule has 6 rings (SSSR count). The van der Waals surface area contributed by atoms with Gasteiger partial charge in [0.1, 0.15) is 24.4 Å². The molecule has 0 bridgehead atoms. The van der Waals surface area contributed by atoms with Crippen molar-refractivity contribution in [1.29, 1.82) is 0 Å². The predicted molar refractivity (Wildman–Crippen MR) is 242 cm³/mol. The first kappa shape index (κ1) is 47.9. The number of alkyl carbamates (subject to hydrolysis) is 1. The highest BCUT2D eigenvalue weighted by Gasteiger charge is 2.38. The molecule has 5 N–H and O–H groups in total. The first-order chi connectivity index (χ1) is 30.8. The largest absolute Gasteiger partial charge is 0.494 e. The van der Waals surface area contributed by atoms with Gasteiger partial charge in [-0.3, -0.25) is 28.9 Å². The number of hydrogen-bond acceptors (Lipinski definition) is 10. The molecule has 1 saturated carbocycles. The van der Waals surface area contributed by atoms with Crippen LogP contribution in [0.5, 0.6) is 5.75 Å². The lowest BCUT2D eigenvalue weighted by Crippen LogP contribution is -2.58. The van der Waals surface area contributed by atoms with Gasteiger partial charge in [0.2, 0.25) is 23.5 Å². The highest BCUT2D eigenvalue weighted by atomic mass is 16.5. The third-order valence-electron chi connectivity index (χ3n) is 12.2. The van der Waals surface area contributed by atoms with Crippen LogP contribution in [0.3, 0.4) is 0 Å². The highest BCUT2D eigenvalue weighted by molar-refractivity contribution is 6.38. The number of carbonyl (C=O) groups is 6. The summed E-state index contributed by atoms with van der Waals surface area (Å²) in [6.45, 7) is 10.5. The van der Waals surface area contributed by atoms with Crippen molar-refractivity contribution >= 4 is 46.3 Å². The van der Waals surface area contributed by atoms with Crippen LogP contribution >= 0.6 is 0 Å². The van der Waals surface area contributed by atoms with E-state index in [2.05, 4.69) is 31.5 Å². The average molecular weight is 883 g/mol. The van der Waals surface area contributed by atoms with Gasteiger partial charge >= 0.3 is 6.09 Å². The number of nitrogens with one attached hydrogen (secondary N) is 5. The summed E-state index contributed by atoms with van der Waals surface area (Å²) in [6.07, 6.45) is 5.61. The number of amides is 5. The van der Waals surface area contributed by atoms with Gasteiger partial charge in [-0.25, -0.2) is 4.79 Å². The summed E-state index contributed by atoms with van der Waals surface area (Å²) >= 11 is 0. The number of benzene rings is 3.